The van der Waals surface area contributed by atoms with Crippen molar-refractivity contribution < 1.29 is 23.8 Å². The fraction of sp³-hybridized carbons (Fsp3) is 0.391. The van der Waals surface area contributed by atoms with Gasteiger partial charge in [0, 0.05) is 13.1 Å². The number of amides is 1. The van der Waals surface area contributed by atoms with Crippen LogP contribution in [-0.2, 0) is 26.3 Å². The van der Waals surface area contributed by atoms with E-state index < -0.39 is 5.41 Å². The lowest BCUT2D eigenvalue weighted by molar-refractivity contribution is -0.154. The molecule has 0 radical (unpaired) electrons. The number of carbonyl (C=O) groups is 2. The molecule has 0 aromatic heterocycles. The maximum atomic E-state index is 12.6. The van der Waals surface area contributed by atoms with E-state index in [1.807, 2.05) is 55.5 Å². The van der Waals surface area contributed by atoms with E-state index in [1.54, 1.807) is 19.1 Å². The summed E-state index contributed by atoms with van der Waals surface area (Å²) in [5.41, 5.74) is 1.28. The first-order valence-electron chi connectivity index (χ1n) is 9.75. The topological polar surface area (TPSA) is 65.1 Å². The normalized spacial score (nSPS) is 14.0. The molecule has 1 aliphatic carbocycles. The molecule has 6 heteroatoms. The molecular formula is C23H27NO5. The van der Waals surface area contributed by atoms with Crippen LogP contribution < -0.4 is 9.47 Å². The van der Waals surface area contributed by atoms with E-state index in [1.165, 1.54) is 0 Å². The molecular weight excluding hydrogens is 370 g/mol. The Hall–Kier alpha value is -3.02. The van der Waals surface area contributed by atoms with Gasteiger partial charge in [-0.3, -0.25) is 9.59 Å². The van der Waals surface area contributed by atoms with Crippen molar-refractivity contribution in [2.75, 3.05) is 27.4 Å². The molecule has 0 spiro atoms. The van der Waals surface area contributed by atoms with Gasteiger partial charge in [0.05, 0.1) is 19.6 Å². The van der Waals surface area contributed by atoms with Gasteiger partial charge in [0.15, 0.2) is 18.1 Å². The molecule has 1 fully saturated rings. The smallest absolute Gasteiger partial charge is 0.317 e. The largest absolute Gasteiger partial charge is 0.493 e. The maximum absolute atomic E-state index is 12.6. The first kappa shape index (κ1) is 20.7. The third-order valence-corrected chi connectivity index (χ3v) is 5.35. The summed E-state index contributed by atoms with van der Waals surface area (Å²) in [6.07, 6.45) is 1.51. The number of carbonyl (C=O) groups excluding carboxylic acids is 2. The zero-order valence-corrected chi connectivity index (χ0v) is 17.1. The highest BCUT2D eigenvalue weighted by molar-refractivity contribution is 5.89. The summed E-state index contributed by atoms with van der Waals surface area (Å²) in [4.78, 5) is 26.9. The molecule has 3 rings (SSSR count). The fourth-order valence-corrected chi connectivity index (χ4v) is 3.43. The van der Waals surface area contributed by atoms with Crippen molar-refractivity contribution in [2.24, 2.45) is 0 Å². The first-order valence-corrected chi connectivity index (χ1v) is 9.75. The monoisotopic (exact) mass is 397 g/mol. The lowest BCUT2D eigenvalue weighted by Crippen LogP contribution is -2.35. The van der Waals surface area contributed by atoms with E-state index in [4.69, 9.17) is 14.2 Å². The van der Waals surface area contributed by atoms with Gasteiger partial charge in [-0.2, -0.15) is 0 Å². The summed E-state index contributed by atoms with van der Waals surface area (Å²) in [6, 6.07) is 15.2. The van der Waals surface area contributed by atoms with Crippen LogP contribution in [0.2, 0.25) is 0 Å². The van der Waals surface area contributed by atoms with E-state index in [0.29, 0.717) is 24.6 Å². The summed E-state index contributed by atoms with van der Waals surface area (Å²) in [5, 5.41) is 0. The summed E-state index contributed by atoms with van der Waals surface area (Å²) < 4.78 is 16.0. The number of esters is 1. The second-order valence-corrected chi connectivity index (χ2v) is 7.12. The van der Waals surface area contributed by atoms with Crippen molar-refractivity contribution in [2.45, 2.75) is 31.7 Å². The van der Waals surface area contributed by atoms with Gasteiger partial charge in [-0.25, -0.2) is 0 Å². The lowest BCUT2D eigenvalue weighted by Gasteiger charge is -2.22. The van der Waals surface area contributed by atoms with Gasteiger partial charge in [0.25, 0.3) is 5.91 Å². The number of methoxy groups -OCH3 is 2. The third-order valence-electron chi connectivity index (χ3n) is 5.35. The Morgan fingerprint density at radius 2 is 1.69 bits per heavy atom. The Morgan fingerprint density at radius 3 is 2.28 bits per heavy atom. The average Bonchev–Trinajstić information content (AvgIpc) is 3.58. The highest BCUT2D eigenvalue weighted by atomic mass is 16.5. The molecule has 29 heavy (non-hydrogen) atoms. The van der Waals surface area contributed by atoms with Crippen LogP contribution in [0.3, 0.4) is 0 Å². The van der Waals surface area contributed by atoms with E-state index in [0.717, 1.165) is 24.0 Å². The van der Waals surface area contributed by atoms with Gasteiger partial charge < -0.3 is 19.1 Å². The van der Waals surface area contributed by atoms with Crippen LogP contribution in [0.4, 0.5) is 0 Å². The fourth-order valence-electron chi connectivity index (χ4n) is 3.43. The Labute approximate surface area is 171 Å². The van der Waals surface area contributed by atoms with Crippen LogP contribution in [0.1, 0.15) is 30.9 Å². The van der Waals surface area contributed by atoms with Crippen LogP contribution in [0.15, 0.2) is 48.5 Å². The van der Waals surface area contributed by atoms with Gasteiger partial charge in [0.1, 0.15) is 0 Å². The summed E-state index contributed by atoms with van der Waals surface area (Å²) in [7, 11) is 3.15. The van der Waals surface area contributed by atoms with Gasteiger partial charge in [-0.1, -0.05) is 36.4 Å². The molecule has 154 valence electrons. The van der Waals surface area contributed by atoms with Crippen molar-refractivity contribution in [1.29, 1.82) is 0 Å². The Bertz CT molecular complexity index is 861. The zero-order chi connectivity index (χ0) is 20.9. The van der Waals surface area contributed by atoms with Crippen LogP contribution in [0.5, 0.6) is 11.5 Å². The molecule has 2 aromatic carbocycles. The number of likely N-dealkylation sites (N-methyl/N-ethyl adjacent to an activating group) is 1. The number of ether oxygens (including phenoxy) is 3. The number of hydrogen-bond donors (Lipinski definition) is 0. The number of benzene rings is 2. The molecule has 0 bridgehead atoms. The van der Waals surface area contributed by atoms with Crippen molar-refractivity contribution in [3.05, 3.63) is 59.7 Å². The SMILES string of the molecule is CCN(Cc1ccc(OC)c(OC)c1)C(=O)COC(=O)C1(c2ccccc2)CC1. The summed E-state index contributed by atoms with van der Waals surface area (Å²) in [6.45, 7) is 2.55. The molecule has 0 unspecified atom stereocenters. The predicted molar refractivity (Wildman–Crippen MR) is 109 cm³/mol. The van der Waals surface area contributed by atoms with E-state index in [-0.39, 0.29) is 18.5 Å². The molecule has 0 saturated heterocycles. The Kier molecular flexibility index (Phi) is 6.42. The standard InChI is InChI=1S/C23H27NO5/c1-4-24(15-17-10-11-19(27-2)20(14-17)28-3)21(25)16-29-22(26)23(12-13-23)18-8-6-5-7-9-18/h5-11,14H,4,12-13,15-16H2,1-3H3. The first-order chi connectivity index (χ1) is 14.0. The molecule has 1 saturated carbocycles. The minimum atomic E-state index is -0.581. The predicted octanol–water partition coefficient (Wildman–Crippen LogP) is 3.33. The van der Waals surface area contributed by atoms with Crippen molar-refractivity contribution in [3.8, 4) is 11.5 Å². The number of nitrogens with zero attached hydrogens (tertiary/aromatic N) is 1. The van der Waals surface area contributed by atoms with Crippen molar-refractivity contribution in [1.82, 2.24) is 4.90 Å². The molecule has 0 aliphatic heterocycles. The van der Waals surface area contributed by atoms with E-state index in [9.17, 15) is 9.59 Å². The maximum Gasteiger partial charge on any atom is 0.317 e. The van der Waals surface area contributed by atoms with E-state index >= 15 is 0 Å². The Morgan fingerprint density at radius 1 is 1.00 bits per heavy atom. The van der Waals surface area contributed by atoms with Gasteiger partial charge in [-0.15, -0.1) is 0 Å². The molecule has 2 aromatic rings. The average molecular weight is 397 g/mol. The van der Waals surface area contributed by atoms with Crippen LogP contribution >= 0.6 is 0 Å². The lowest BCUT2D eigenvalue weighted by atomic mass is 9.96. The van der Waals surface area contributed by atoms with Crippen LogP contribution in [0.25, 0.3) is 0 Å². The molecule has 0 N–H and O–H groups in total. The molecule has 1 aliphatic rings. The van der Waals surface area contributed by atoms with Crippen LogP contribution in [0, 0.1) is 0 Å². The van der Waals surface area contributed by atoms with Gasteiger partial charge in [-0.05, 0) is 43.0 Å². The number of rotatable bonds is 9. The van der Waals surface area contributed by atoms with Crippen molar-refractivity contribution >= 4 is 11.9 Å². The highest BCUT2D eigenvalue weighted by Crippen LogP contribution is 2.49. The summed E-state index contributed by atoms with van der Waals surface area (Å²) >= 11 is 0. The number of hydrogen-bond acceptors (Lipinski definition) is 5. The second-order valence-electron chi connectivity index (χ2n) is 7.12. The van der Waals surface area contributed by atoms with Crippen LogP contribution in [-0.4, -0.2) is 44.1 Å². The zero-order valence-electron chi connectivity index (χ0n) is 17.1. The second kappa shape index (κ2) is 8.99. The van der Waals surface area contributed by atoms with Crippen molar-refractivity contribution in [3.63, 3.8) is 0 Å². The van der Waals surface area contributed by atoms with Gasteiger partial charge in [0.2, 0.25) is 0 Å². The molecule has 0 atom stereocenters. The van der Waals surface area contributed by atoms with E-state index in [2.05, 4.69) is 0 Å². The Balaban J connectivity index is 1.60. The minimum absolute atomic E-state index is 0.223. The highest BCUT2D eigenvalue weighted by Gasteiger charge is 2.52. The quantitative estimate of drug-likeness (QED) is 0.608. The third kappa shape index (κ3) is 4.53. The summed E-state index contributed by atoms with van der Waals surface area (Å²) in [5.74, 6) is 0.701. The minimum Gasteiger partial charge on any atom is -0.493 e. The van der Waals surface area contributed by atoms with Gasteiger partial charge >= 0.3 is 5.97 Å². The molecule has 1 amide bonds. The molecule has 6 nitrogen and oxygen atoms in total. The molecule has 0 heterocycles.